The smallest absolute Gasteiger partial charge is 0.194 e. The van der Waals surface area contributed by atoms with Crippen LogP contribution in [0.4, 0.5) is 13.2 Å². The molecule has 1 aromatic rings. The third kappa shape index (κ3) is 4.57. The lowest BCUT2D eigenvalue weighted by molar-refractivity contribution is 0.154. The summed E-state index contributed by atoms with van der Waals surface area (Å²) in [6.45, 7) is 3.16. The summed E-state index contributed by atoms with van der Waals surface area (Å²) < 4.78 is 39.8. The second kappa shape index (κ2) is 8.58. The van der Waals surface area contributed by atoms with Crippen LogP contribution in [0.15, 0.2) is 12.1 Å². The fraction of sp³-hybridized carbons (Fsp3) is 0.571. The molecule has 0 radical (unpaired) electrons. The molecule has 0 aromatic heterocycles. The van der Waals surface area contributed by atoms with E-state index < -0.39 is 17.5 Å². The Hall–Kier alpha value is -0.820. The first-order valence-electron chi connectivity index (χ1n) is 6.83. The van der Waals surface area contributed by atoms with Crippen molar-refractivity contribution in [2.75, 3.05) is 32.8 Å². The third-order valence-corrected chi connectivity index (χ3v) is 3.62. The van der Waals surface area contributed by atoms with Gasteiger partial charge in [-0.25, -0.2) is 13.2 Å². The van der Waals surface area contributed by atoms with E-state index in [1.54, 1.807) is 0 Å². The molecule has 1 fully saturated rings. The molecule has 1 atom stereocenters. The van der Waals surface area contributed by atoms with Crippen molar-refractivity contribution < 1.29 is 18.3 Å². The van der Waals surface area contributed by atoms with Gasteiger partial charge in [0.1, 0.15) is 0 Å². The number of benzene rings is 1. The molecule has 1 aliphatic heterocycles. The van der Waals surface area contributed by atoms with Crippen molar-refractivity contribution in [2.45, 2.75) is 18.9 Å². The minimum atomic E-state index is -1.44. The quantitative estimate of drug-likeness (QED) is 0.816. The van der Waals surface area contributed by atoms with Crippen LogP contribution in [0.5, 0.6) is 0 Å². The molecule has 0 spiro atoms. The minimum absolute atomic E-state index is 0. The molecule has 7 heteroatoms. The third-order valence-electron chi connectivity index (χ3n) is 3.62. The molecule has 1 aromatic carbocycles. The van der Waals surface area contributed by atoms with Crippen molar-refractivity contribution >= 4 is 12.4 Å². The highest BCUT2D eigenvalue weighted by Crippen LogP contribution is 2.28. The van der Waals surface area contributed by atoms with Gasteiger partial charge in [-0.05, 0) is 30.5 Å². The van der Waals surface area contributed by atoms with Crippen molar-refractivity contribution in [3.05, 3.63) is 35.1 Å². The zero-order valence-corrected chi connectivity index (χ0v) is 12.4. The molecule has 3 nitrogen and oxygen atoms in total. The van der Waals surface area contributed by atoms with Gasteiger partial charge in [-0.2, -0.15) is 0 Å². The van der Waals surface area contributed by atoms with Gasteiger partial charge < -0.3 is 10.4 Å². The molecule has 0 aliphatic carbocycles. The summed E-state index contributed by atoms with van der Waals surface area (Å²) in [4.78, 5) is 2.11. The Morgan fingerprint density at radius 1 is 1.14 bits per heavy atom. The maximum Gasteiger partial charge on any atom is 0.194 e. The Morgan fingerprint density at radius 2 is 1.71 bits per heavy atom. The fourth-order valence-electron chi connectivity index (χ4n) is 2.61. The highest BCUT2D eigenvalue weighted by molar-refractivity contribution is 5.85. The van der Waals surface area contributed by atoms with Crippen LogP contribution >= 0.6 is 12.4 Å². The maximum absolute atomic E-state index is 13.4. The van der Waals surface area contributed by atoms with Crippen LogP contribution in [0, 0.1) is 17.5 Å². The van der Waals surface area contributed by atoms with Crippen LogP contribution in [0.1, 0.15) is 24.4 Å². The van der Waals surface area contributed by atoms with E-state index in [0.29, 0.717) is 18.4 Å². The molecule has 0 unspecified atom stereocenters. The lowest BCUT2D eigenvalue weighted by Crippen LogP contribution is -2.45. The first kappa shape index (κ1) is 18.2. The zero-order valence-electron chi connectivity index (χ0n) is 11.6. The molecule has 0 amide bonds. The van der Waals surface area contributed by atoms with E-state index in [2.05, 4.69) is 10.2 Å². The Bertz CT molecular complexity index is 433. The number of halogens is 4. The SMILES string of the molecule is Cl.OCCC[C@H](c1cc(F)c(F)c(F)c1)N1CCNCC1. The van der Waals surface area contributed by atoms with Gasteiger partial charge in [-0.3, -0.25) is 4.90 Å². The van der Waals surface area contributed by atoms with E-state index in [4.69, 9.17) is 5.11 Å². The molecule has 1 aliphatic rings. The summed E-state index contributed by atoms with van der Waals surface area (Å²) >= 11 is 0. The fourth-order valence-corrected chi connectivity index (χ4v) is 2.61. The monoisotopic (exact) mass is 324 g/mol. The largest absolute Gasteiger partial charge is 0.396 e. The van der Waals surface area contributed by atoms with Gasteiger partial charge in [-0.15, -0.1) is 12.4 Å². The Morgan fingerprint density at radius 3 is 2.24 bits per heavy atom. The van der Waals surface area contributed by atoms with Gasteiger partial charge in [0.05, 0.1) is 0 Å². The number of piperazine rings is 1. The predicted molar refractivity (Wildman–Crippen MR) is 77.1 cm³/mol. The number of nitrogens with one attached hydrogen (secondary N) is 1. The summed E-state index contributed by atoms with van der Waals surface area (Å²) in [5.41, 5.74) is 0.428. The van der Waals surface area contributed by atoms with E-state index in [0.717, 1.165) is 38.3 Å². The number of hydrogen-bond donors (Lipinski definition) is 2. The van der Waals surface area contributed by atoms with E-state index in [1.807, 2.05) is 0 Å². The predicted octanol–water partition coefficient (Wildman–Crippen LogP) is 2.24. The van der Waals surface area contributed by atoms with Crippen LogP contribution in [-0.2, 0) is 0 Å². The van der Waals surface area contributed by atoms with E-state index in [1.165, 1.54) is 0 Å². The lowest BCUT2D eigenvalue weighted by Gasteiger charge is -2.35. The normalized spacial score (nSPS) is 17.3. The highest BCUT2D eigenvalue weighted by atomic mass is 35.5. The molecular formula is C14H20ClF3N2O. The van der Waals surface area contributed by atoms with E-state index >= 15 is 0 Å². The zero-order chi connectivity index (χ0) is 14.5. The molecule has 0 bridgehead atoms. The highest BCUT2D eigenvalue weighted by Gasteiger charge is 2.24. The number of aliphatic hydroxyl groups excluding tert-OH is 1. The van der Waals surface area contributed by atoms with E-state index in [-0.39, 0.29) is 25.1 Å². The first-order chi connectivity index (χ1) is 9.63. The van der Waals surface area contributed by atoms with E-state index in [9.17, 15) is 13.2 Å². The van der Waals surface area contributed by atoms with Crippen LogP contribution in [0.2, 0.25) is 0 Å². The second-order valence-electron chi connectivity index (χ2n) is 4.97. The summed E-state index contributed by atoms with van der Waals surface area (Å²) in [6, 6.07) is 1.92. The number of rotatable bonds is 5. The first-order valence-corrected chi connectivity index (χ1v) is 6.83. The minimum Gasteiger partial charge on any atom is -0.396 e. The number of aliphatic hydroxyl groups is 1. The molecule has 2 rings (SSSR count). The Labute approximate surface area is 128 Å². The van der Waals surface area contributed by atoms with Crippen LogP contribution in [0.3, 0.4) is 0 Å². The molecule has 0 saturated carbocycles. The van der Waals surface area contributed by atoms with Crippen molar-refractivity contribution in [3.63, 3.8) is 0 Å². The summed E-state index contributed by atoms with van der Waals surface area (Å²) in [5.74, 6) is -3.76. The molecule has 21 heavy (non-hydrogen) atoms. The average Bonchev–Trinajstić information content (AvgIpc) is 2.46. The summed E-state index contributed by atoms with van der Waals surface area (Å²) in [5, 5.41) is 12.2. The van der Waals surface area contributed by atoms with Crippen molar-refractivity contribution in [1.29, 1.82) is 0 Å². The molecule has 120 valence electrons. The van der Waals surface area contributed by atoms with Crippen LogP contribution in [-0.4, -0.2) is 42.8 Å². The van der Waals surface area contributed by atoms with Crippen molar-refractivity contribution in [1.82, 2.24) is 10.2 Å². The van der Waals surface area contributed by atoms with Gasteiger partial charge >= 0.3 is 0 Å². The summed E-state index contributed by atoms with van der Waals surface area (Å²) in [6.07, 6.45) is 1.12. The van der Waals surface area contributed by atoms with Gasteiger partial charge in [0.15, 0.2) is 17.5 Å². The van der Waals surface area contributed by atoms with Crippen molar-refractivity contribution in [3.8, 4) is 0 Å². The number of hydrogen-bond acceptors (Lipinski definition) is 3. The van der Waals surface area contributed by atoms with Gasteiger partial charge in [-0.1, -0.05) is 0 Å². The lowest BCUT2D eigenvalue weighted by atomic mass is 9.99. The molecule has 1 saturated heterocycles. The molecular weight excluding hydrogens is 305 g/mol. The maximum atomic E-state index is 13.4. The second-order valence-corrected chi connectivity index (χ2v) is 4.97. The Balaban J connectivity index is 0.00000220. The van der Waals surface area contributed by atoms with Gasteiger partial charge in [0.2, 0.25) is 0 Å². The van der Waals surface area contributed by atoms with Gasteiger partial charge in [0.25, 0.3) is 0 Å². The summed E-state index contributed by atoms with van der Waals surface area (Å²) in [7, 11) is 0. The standard InChI is InChI=1S/C14H19F3N2O.ClH/c15-11-8-10(9-12(16)14(11)17)13(2-1-7-20)19-5-3-18-4-6-19;/h8-9,13,18,20H,1-7H2;1H/t13-;/m1./s1. The van der Waals surface area contributed by atoms with Crippen LogP contribution < -0.4 is 5.32 Å². The van der Waals surface area contributed by atoms with Crippen LogP contribution in [0.25, 0.3) is 0 Å². The topological polar surface area (TPSA) is 35.5 Å². The van der Waals surface area contributed by atoms with Gasteiger partial charge in [0, 0.05) is 38.8 Å². The molecule has 2 N–H and O–H groups in total. The average molecular weight is 325 g/mol. The Kier molecular flexibility index (Phi) is 7.45. The molecule has 1 heterocycles. The van der Waals surface area contributed by atoms with Crippen molar-refractivity contribution in [2.24, 2.45) is 0 Å². The number of nitrogens with zero attached hydrogens (tertiary/aromatic N) is 1.